The zero-order valence-corrected chi connectivity index (χ0v) is 10.3. The molecule has 1 atom stereocenters. The predicted molar refractivity (Wildman–Crippen MR) is 63.4 cm³/mol. The van der Waals surface area contributed by atoms with E-state index in [-0.39, 0.29) is 22.9 Å². The first kappa shape index (κ1) is 12.2. The van der Waals surface area contributed by atoms with Crippen molar-refractivity contribution in [1.29, 1.82) is 0 Å². The summed E-state index contributed by atoms with van der Waals surface area (Å²) in [5, 5.41) is 7.09. The van der Waals surface area contributed by atoms with Crippen molar-refractivity contribution in [2.45, 2.75) is 42.6 Å². The summed E-state index contributed by atoms with van der Waals surface area (Å²) in [5.74, 6) is 4.80. The van der Waals surface area contributed by atoms with Crippen LogP contribution in [0.1, 0.15) is 32.2 Å². The summed E-state index contributed by atoms with van der Waals surface area (Å²) in [6.45, 7) is 1.90. The number of thioether (sulfide) groups is 1. The molecule has 1 aromatic rings. The van der Waals surface area contributed by atoms with Gasteiger partial charge in [0.2, 0.25) is 5.91 Å². The van der Waals surface area contributed by atoms with E-state index >= 15 is 0 Å². The van der Waals surface area contributed by atoms with Crippen molar-refractivity contribution in [1.82, 2.24) is 20.2 Å². The molecule has 0 spiro atoms. The standard InChI is InChI=1S/C9H15N5O2S/c1-5(4-7(15)11-10)17-9-13-12-8(16)14(9)6-2-3-6/h5-6H,2-4,10H2,1H3,(H,11,15)(H,12,16). The number of hydrogen-bond donors (Lipinski definition) is 3. The SMILES string of the molecule is CC(CC(=O)NN)Sc1n[nH]c(=O)n1C1CC1. The van der Waals surface area contributed by atoms with Gasteiger partial charge in [-0.15, -0.1) is 5.10 Å². The minimum Gasteiger partial charge on any atom is -0.294 e. The topological polar surface area (TPSA) is 106 Å². The molecule has 8 heteroatoms. The number of aromatic nitrogens is 3. The third-order valence-electron chi connectivity index (χ3n) is 2.52. The molecule has 7 nitrogen and oxygen atoms in total. The van der Waals surface area contributed by atoms with Crippen LogP contribution in [0.5, 0.6) is 0 Å². The van der Waals surface area contributed by atoms with Gasteiger partial charge in [0.25, 0.3) is 0 Å². The van der Waals surface area contributed by atoms with Crippen molar-refractivity contribution in [3.8, 4) is 0 Å². The number of hydrogen-bond acceptors (Lipinski definition) is 5. The highest BCUT2D eigenvalue weighted by atomic mass is 32.2. The lowest BCUT2D eigenvalue weighted by Crippen LogP contribution is -2.31. The van der Waals surface area contributed by atoms with Crippen molar-refractivity contribution >= 4 is 17.7 Å². The minimum atomic E-state index is -0.221. The van der Waals surface area contributed by atoms with Gasteiger partial charge in [-0.2, -0.15) is 0 Å². The highest BCUT2D eigenvalue weighted by molar-refractivity contribution is 7.99. The average molecular weight is 257 g/mol. The Morgan fingerprint density at radius 1 is 1.76 bits per heavy atom. The molecule has 94 valence electrons. The van der Waals surface area contributed by atoms with E-state index in [9.17, 15) is 9.59 Å². The summed E-state index contributed by atoms with van der Waals surface area (Å²) in [6, 6.07) is 0.277. The quantitative estimate of drug-likeness (QED) is 0.292. The summed E-state index contributed by atoms with van der Waals surface area (Å²) in [4.78, 5) is 22.6. The Kier molecular flexibility index (Phi) is 3.53. The third-order valence-corrected chi connectivity index (χ3v) is 3.59. The Morgan fingerprint density at radius 3 is 3.06 bits per heavy atom. The van der Waals surface area contributed by atoms with E-state index in [1.54, 1.807) is 4.57 Å². The summed E-state index contributed by atoms with van der Waals surface area (Å²) in [6.07, 6.45) is 2.34. The van der Waals surface area contributed by atoms with Gasteiger partial charge in [0.15, 0.2) is 5.16 Å². The summed E-state index contributed by atoms with van der Waals surface area (Å²) in [7, 11) is 0. The Balaban J connectivity index is 2.03. The van der Waals surface area contributed by atoms with Crippen LogP contribution in [-0.2, 0) is 4.79 Å². The average Bonchev–Trinajstić information content (AvgIpc) is 3.05. The number of nitrogens with two attached hydrogens (primary N) is 1. The molecule has 0 aliphatic heterocycles. The first-order chi connectivity index (χ1) is 8.11. The monoisotopic (exact) mass is 257 g/mol. The Morgan fingerprint density at radius 2 is 2.47 bits per heavy atom. The minimum absolute atomic E-state index is 0.0197. The van der Waals surface area contributed by atoms with Crippen LogP contribution in [0.25, 0.3) is 0 Å². The van der Waals surface area contributed by atoms with E-state index in [1.165, 1.54) is 11.8 Å². The molecular weight excluding hydrogens is 242 g/mol. The van der Waals surface area contributed by atoms with E-state index in [4.69, 9.17) is 5.84 Å². The Hall–Kier alpha value is -1.28. The van der Waals surface area contributed by atoms with Gasteiger partial charge in [-0.1, -0.05) is 18.7 Å². The van der Waals surface area contributed by atoms with Gasteiger partial charge in [-0.25, -0.2) is 15.7 Å². The molecule has 1 heterocycles. The van der Waals surface area contributed by atoms with Gasteiger partial charge < -0.3 is 0 Å². The first-order valence-corrected chi connectivity index (χ1v) is 6.32. The smallest absolute Gasteiger partial charge is 0.294 e. The van der Waals surface area contributed by atoms with Gasteiger partial charge in [0.1, 0.15) is 0 Å². The summed E-state index contributed by atoms with van der Waals surface area (Å²) in [5.41, 5.74) is 1.91. The van der Waals surface area contributed by atoms with Gasteiger partial charge in [0.05, 0.1) is 0 Å². The van der Waals surface area contributed by atoms with Crippen molar-refractivity contribution in [2.75, 3.05) is 0 Å². The molecular formula is C9H15N5O2S. The largest absolute Gasteiger partial charge is 0.344 e. The van der Waals surface area contributed by atoms with Crippen molar-refractivity contribution in [2.24, 2.45) is 5.84 Å². The Labute approximate surface area is 102 Å². The number of hydrazine groups is 1. The molecule has 1 amide bonds. The predicted octanol–water partition coefficient (Wildman–Crippen LogP) is -0.233. The number of amides is 1. The Bertz CT molecular complexity index is 464. The second kappa shape index (κ2) is 4.92. The van der Waals surface area contributed by atoms with E-state index in [0.29, 0.717) is 11.6 Å². The molecule has 0 bridgehead atoms. The number of nitrogens with one attached hydrogen (secondary N) is 2. The fraction of sp³-hybridized carbons (Fsp3) is 0.667. The fourth-order valence-corrected chi connectivity index (χ4v) is 2.61. The van der Waals surface area contributed by atoms with Crippen LogP contribution in [0, 0.1) is 0 Å². The number of H-pyrrole nitrogens is 1. The maximum atomic E-state index is 11.5. The van der Waals surface area contributed by atoms with Gasteiger partial charge in [-0.3, -0.25) is 14.8 Å². The van der Waals surface area contributed by atoms with E-state index in [2.05, 4.69) is 15.6 Å². The molecule has 1 saturated carbocycles. The molecule has 17 heavy (non-hydrogen) atoms. The van der Waals surface area contributed by atoms with Crippen LogP contribution >= 0.6 is 11.8 Å². The van der Waals surface area contributed by atoms with Crippen molar-refractivity contribution in [3.05, 3.63) is 10.5 Å². The number of carbonyl (C=O) groups is 1. The number of aromatic amines is 1. The lowest BCUT2D eigenvalue weighted by molar-refractivity contribution is -0.121. The number of rotatable bonds is 5. The maximum Gasteiger partial charge on any atom is 0.344 e. The molecule has 2 rings (SSSR count). The lowest BCUT2D eigenvalue weighted by Gasteiger charge is -2.09. The van der Waals surface area contributed by atoms with E-state index < -0.39 is 0 Å². The second-order valence-corrected chi connectivity index (χ2v) is 5.52. The number of nitrogens with zero attached hydrogens (tertiary/aromatic N) is 2. The maximum absolute atomic E-state index is 11.5. The van der Waals surface area contributed by atoms with Gasteiger partial charge in [0, 0.05) is 17.7 Å². The molecule has 0 saturated heterocycles. The van der Waals surface area contributed by atoms with Crippen LogP contribution in [0.15, 0.2) is 9.95 Å². The number of carbonyl (C=O) groups excluding carboxylic acids is 1. The van der Waals surface area contributed by atoms with Crippen LogP contribution in [0.3, 0.4) is 0 Å². The second-order valence-electron chi connectivity index (χ2n) is 4.11. The molecule has 1 fully saturated rings. The molecule has 1 aromatic heterocycles. The molecule has 1 aliphatic carbocycles. The van der Waals surface area contributed by atoms with Crippen LogP contribution in [0.2, 0.25) is 0 Å². The fourth-order valence-electron chi connectivity index (χ4n) is 1.57. The van der Waals surface area contributed by atoms with Crippen LogP contribution in [-0.4, -0.2) is 25.9 Å². The highest BCUT2D eigenvalue weighted by Crippen LogP contribution is 2.36. The highest BCUT2D eigenvalue weighted by Gasteiger charge is 2.29. The molecule has 4 N–H and O–H groups in total. The molecule has 1 unspecified atom stereocenters. The lowest BCUT2D eigenvalue weighted by atomic mass is 10.3. The molecule has 0 aromatic carbocycles. The van der Waals surface area contributed by atoms with Gasteiger partial charge in [-0.05, 0) is 12.8 Å². The molecule has 0 radical (unpaired) electrons. The first-order valence-electron chi connectivity index (χ1n) is 5.45. The van der Waals surface area contributed by atoms with Crippen molar-refractivity contribution in [3.63, 3.8) is 0 Å². The third kappa shape index (κ3) is 2.89. The van der Waals surface area contributed by atoms with E-state index in [1.807, 2.05) is 6.92 Å². The summed E-state index contributed by atoms with van der Waals surface area (Å²) < 4.78 is 1.67. The van der Waals surface area contributed by atoms with Crippen LogP contribution in [0.4, 0.5) is 0 Å². The van der Waals surface area contributed by atoms with Gasteiger partial charge >= 0.3 is 5.69 Å². The van der Waals surface area contributed by atoms with Crippen molar-refractivity contribution < 1.29 is 4.79 Å². The van der Waals surface area contributed by atoms with E-state index in [0.717, 1.165) is 12.8 Å². The summed E-state index contributed by atoms with van der Waals surface area (Å²) >= 11 is 1.41. The normalized spacial score (nSPS) is 16.8. The zero-order valence-electron chi connectivity index (χ0n) is 9.47. The molecule has 1 aliphatic rings. The zero-order chi connectivity index (χ0) is 12.4. The van der Waals surface area contributed by atoms with Crippen LogP contribution < -0.4 is 17.0 Å².